The molecule has 0 bridgehead atoms. The first kappa shape index (κ1) is 14.4. The number of anilines is 1. The van der Waals surface area contributed by atoms with Crippen molar-refractivity contribution in [3.05, 3.63) is 16.3 Å². The highest BCUT2D eigenvalue weighted by Crippen LogP contribution is 2.37. The minimum Gasteiger partial charge on any atom is -0.383 e. The van der Waals surface area contributed by atoms with Crippen LogP contribution in [0.4, 0.5) is 5.82 Å². The molecular formula is C16H23N5S. The summed E-state index contributed by atoms with van der Waals surface area (Å²) in [6.45, 7) is 6.16. The molecule has 1 saturated heterocycles. The summed E-state index contributed by atoms with van der Waals surface area (Å²) in [6, 6.07) is 0.519. The van der Waals surface area contributed by atoms with E-state index in [1.54, 1.807) is 0 Å². The third kappa shape index (κ3) is 2.49. The molecule has 0 spiro atoms. The Bertz CT molecular complexity index is 695. The zero-order valence-corrected chi connectivity index (χ0v) is 13.9. The fourth-order valence-electron chi connectivity index (χ4n) is 3.60. The first-order chi connectivity index (χ1) is 10.7. The smallest absolute Gasteiger partial charge is 0.146 e. The van der Waals surface area contributed by atoms with Crippen LogP contribution < -0.4 is 11.1 Å². The third-order valence-electron chi connectivity index (χ3n) is 4.87. The Morgan fingerprint density at radius 3 is 3.05 bits per heavy atom. The van der Waals surface area contributed by atoms with Gasteiger partial charge in [-0.3, -0.25) is 4.90 Å². The summed E-state index contributed by atoms with van der Waals surface area (Å²) in [5.41, 5.74) is 7.71. The van der Waals surface area contributed by atoms with Gasteiger partial charge in [0, 0.05) is 30.6 Å². The van der Waals surface area contributed by atoms with Gasteiger partial charge in [-0.05, 0) is 38.2 Å². The summed E-state index contributed by atoms with van der Waals surface area (Å²) >= 11 is 1.83. The SMILES string of the molecule is C[C@@H]1CNCCN1Cc1nc(N)c2c3c(sc2n1)CCCC3. The van der Waals surface area contributed by atoms with Gasteiger partial charge in [0.05, 0.1) is 11.9 Å². The average Bonchev–Trinajstić information content (AvgIpc) is 2.88. The second-order valence-electron chi connectivity index (χ2n) is 6.44. The average molecular weight is 317 g/mol. The van der Waals surface area contributed by atoms with Gasteiger partial charge in [-0.25, -0.2) is 9.97 Å². The monoisotopic (exact) mass is 317 g/mol. The lowest BCUT2D eigenvalue weighted by molar-refractivity contribution is 0.162. The number of fused-ring (bicyclic) bond motifs is 3. The first-order valence-electron chi connectivity index (χ1n) is 8.24. The van der Waals surface area contributed by atoms with Gasteiger partial charge in [-0.1, -0.05) is 0 Å². The largest absolute Gasteiger partial charge is 0.383 e. The van der Waals surface area contributed by atoms with E-state index in [4.69, 9.17) is 10.7 Å². The molecule has 0 aromatic carbocycles. The van der Waals surface area contributed by atoms with E-state index in [0.29, 0.717) is 11.9 Å². The second-order valence-corrected chi connectivity index (χ2v) is 7.52. The highest BCUT2D eigenvalue weighted by atomic mass is 32.1. The lowest BCUT2D eigenvalue weighted by Crippen LogP contribution is -2.49. The fourth-order valence-corrected chi connectivity index (χ4v) is 4.89. The molecule has 6 heteroatoms. The van der Waals surface area contributed by atoms with E-state index in [-0.39, 0.29) is 0 Å². The lowest BCUT2D eigenvalue weighted by atomic mass is 9.97. The molecule has 0 saturated carbocycles. The molecule has 0 amide bonds. The number of piperazine rings is 1. The van der Waals surface area contributed by atoms with Crippen LogP contribution in [0.5, 0.6) is 0 Å². The molecule has 0 unspecified atom stereocenters. The van der Waals surface area contributed by atoms with Crippen LogP contribution in [0, 0.1) is 0 Å². The predicted molar refractivity (Wildman–Crippen MR) is 91.2 cm³/mol. The molecule has 4 rings (SSSR count). The van der Waals surface area contributed by atoms with Gasteiger partial charge >= 0.3 is 0 Å². The Hall–Kier alpha value is -1.24. The summed E-state index contributed by atoms with van der Waals surface area (Å²) in [4.78, 5) is 14.5. The number of hydrogen-bond acceptors (Lipinski definition) is 6. The number of nitrogen functional groups attached to an aromatic ring is 1. The van der Waals surface area contributed by atoms with E-state index < -0.39 is 0 Å². The van der Waals surface area contributed by atoms with E-state index >= 15 is 0 Å². The highest BCUT2D eigenvalue weighted by Gasteiger charge is 2.22. The van der Waals surface area contributed by atoms with Crippen molar-refractivity contribution in [2.24, 2.45) is 0 Å². The summed E-state index contributed by atoms with van der Waals surface area (Å²) in [6.07, 6.45) is 4.87. The highest BCUT2D eigenvalue weighted by molar-refractivity contribution is 7.19. The molecule has 118 valence electrons. The number of nitrogens with one attached hydrogen (secondary N) is 1. The topological polar surface area (TPSA) is 67.1 Å². The Balaban J connectivity index is 1.68. The molecule has 1 atom stereocenters. The van der Waals surface area contributed by atoms with Crippen molar-refractivity contribution in [1.82, 2.24) is 20.2 Å². The van der Waals surface area contributed by atoms with E-state index in [2.05, 4.69) is 22.1 Å². The number of thiophene rings is 1. The third-order valence-corrected chi connectivity index (χ3v) is 6.06. The number of nitrogens with two attached hydrogens (primary N) is 1. The van der Waals surface area contributed by atoms with Crippen LogP contribution in [0.15, 0.2) is 0 Å². The summed E-state index contributed by atoms with van der Waals surface area (Å²) in [5.74, 6) is 1.56. The quantitative estimate of drug-likeness (QED) is 0.886. The molecule has 2 aliphatic rings. The molecule has 1 aliphatic heterocycles. The summed E-state index contributed by atoms with van der Waals surface area (Å²) < 4.78 is 0. The maximum Gasteiger partial charge on any atom is 0.146 e. The van der Waals surface area contributed by atoms with Crippen LogP contribution in [0.3, 0.4) is 0 Å². The van der Waals surface area contributed by atoms with Crippen molar-refractivity contribution in [2.45, 2.75) is 45.2 Å². The van der Waals surface area contributed by atoms with E-state index in [0.717, 1.165) is 48.6 Å². The Kier molecular flexibility index (Phi) is 3.76. The number of hydrogen-bond donors (Lipinski definition) is 2. The molecule has 0 radical (unpaired) electrons. The second kappa shape index (κ2) is 5.76. The van der Waals surface area contributed by atoms with Gasteiger partial charge in [0.2, 0.25) is 0 Å². The van der Waals surface area contributed by atoms with Crippen LogP contribution in [0.2, 0.25) is 0 Å². The zero-order chi connectivity index (χ0) is 15.1. The van der Waals surface area contributed by atoms with Gasteiger partial charge in [-0.2, -0.15) is 0 Å². The number of aryl methyl sites for hydroxylation is 2. The number of aromatic nitrogens is 2. The van der Waals surface area contributed by atoms with Gasteiger partial charge in [0.25, 0.3) is 0 Å². The van der Waals surface area contributed by atoms with Crippen molar-refractivity contribution in [2.75, 3.05) is 25.4 Å². The molecule has 3 N–H and O–H groups in total. The summed E-state index contributed by atoms with van der Waals surface area (Å²) in [7, 11) is 0. The molecule has 1 aliphatic carbocycles. The predicted octanol–water partition coefficient (Wildman–Crippen LogP) is 1.95. The van der Waals surface area contributed by atoms with Crippen LogP contribution in [-0.4, -0.2) is 40.5 Å². The number of rotatable bonds is 2. The van der Waals surface area contributed by atoms with Crippen LogP contribution in [0.1, 0.15) is 36.0 Å². The maximum absolute atomic E-state index is 6.29. The molecule has 2 aromatic rings. The minimum atomic E-state index is 0.519. The van der Waals surface area contributed by atoms with Crippen LogP contribution in [-0.2, 0) is 19.4 Å². The van der Waals surface area contributed by atoms with E-state index in [1.807, 2.05) is 11.3 Å². The molecule has 3 heterocycles. The molecule has 1 fully saturated rings. The summed E-state index contributed by atoms with van der Waals surface area (Å²) in [5, 5.41) is 4.56. The van der Waals surface area contributed by atoms with E-state index in [9.17, 15) is 0 Å². The number of nitrogens with zero attached hydrogens (tertiary/aromatic N) is 3. The van der Waals surface area contributed by atoms with Crippen LogP contribution in [0.25, 0.3) is 10.2 Å². The zero-order valence-electron chi connectivity index (χ0n) is 13.1. The van der Waals surface area contributed by atoms with Gasteiger partial charge in [0.1, 0.15) is 16.5 Å². The van der Waals surface area contributed by atoms with Crippen LogP contribution >= 0.6 is 11.3 Å². The lowest BCUT2D eigenvalue weighted by Gasteiger charge is -2.33. The molecule has 2 aromatic heterocycles. The Morgan fingerprint density at radius 1 is 1.32 bits per heavy atom. The Morgan fingerprint density at radius 2 is 2.18 bits per heavy atom. The molecular weight excluding hydrogens is 294 g/mol. The standard InChI is InChI=1S/C16H23N5S/c1-10-8-18-6-7-21(10)9-13-19-15(17)14-11-4-2-3-5-12(11)22-16(14)20-13/h10,18H,2-9H2,1H3,(H2,17,19,20)/t10-/m1/s1. The van der Waals surface area contributed by atoms with Gasteiger partial charge in [0.15, 0.2) is 0 Å². The van der Waals surface area contributed by atoms with Gasteiger partial charge < -0.3 is 11.1 Å². The normalized spacial score (nSPS) is 22.9. The van der Waals surface area contributed by atoms with E-state index in [1.165, 1.54) is 29.7 Å². The molecule has 5 nitrogen and oxygen atoms in total. The van der Waals surface area contributed by atoms with Crippen molar-refractivity contribution >= 4 is 27.4 Å². The van der Waals surface area contributed by atoms with Crippen molar-refractivity contribution in [1.29, 1.82) is 0 Å². The minimum absolute atomic E-state index is 0.519. The van der Waals surface area contributed by atoms with Gasteiger partial charge in [-0.15, -0.1) is 11.3 Å². The Labute approximate surface area is 134 Å². The van der Waals surface area contributed by atoms with Crippen molar-refractivity contribution in [3.63, 3.8) is 0 Å². The van der Waals surface area contributed by atoms with Crippen molar-refractivity contribution in [3.8, 4) is 0 Å². The fraction of sp³-hybridized carbons (Fsp3) is 0.625. The van der Waals surface area contributed by atoms with Crippen molar-refractivity contribution < 1.29 is 0 Å². The first-order valence-corrected chi connectivity index (χ1v) is 9.05. The maximum atomic E-state index is 6.29. The molecule has 22 heavy (non-hydrogen) atoms.